The Balaban J connectivity index is 2.06. The number of benzene rings is 1. The van der Waals surface area contributed by atoms with Gasteiger partial charge in [-0.25, -0.2) is 8.42 Å². The third-order valence-electron chi connectivity index (χ3n) is 5.66. The van der Waals surface area contributed by atoms with Crippen LogP contribution in [0.25, 0.3) is 0 Å². The second-order valence-electron chi connectivity index (χ2n) is 8.34. The molecule has 0 spiro atoms. The molecule has 7 nitrogen and oxygen atoms in total. The Morgan fingerprint density at radius 3 is 2.70 bits per heavy atom. The van der Waals surface area contributed by atoms with E-state index in [1.165, 1.54) is 17.3 Å². The van der Waals surface area contributed by atoms with Gasteiger partial charge in [-0.2, -0.15) is 4.31 Å². The highest BCUT2D eigenvalue weighted by molar-refractivity contribution is 7.89. The molecule has 1 aromatic carbocycles. The first kappa shape index (κ1) is 22.6. The van der Waals surface area contributed by atoms with Crippen molar-refractivity contribution in [2.45, 2.75) is 50.7 Å². The van der Waals surface area contributed by atoms with Gasteiger partial charge in [-0.15, -0.1) is 0 Å². The number of ether oxygens (including phenoxy) is 1. The lowest BCUT2D eigenvalue weighted by Gasteiger charge is -2.37. The maximum atomic E-state index is 13.4. The average Bonchev–Trinajstić information content (AvgIpc) is 3.52. The number of sulfonamides is 1. The summed E-state index contributed by atoms with van der Waals surface area (Å²) in [5, 5.41) is 9.66. The molecule has 1 amide bonds. The smallest absolute Gasteiger partial charge is 0.247 e. The Hall–Kier alpha value is -2.08. The van der Waals surface area contributed by atoms with Crippen molar-refractivity contribution in [1.29, 1.82) is 0 Å². The summed E-state index contributed by atoms with van der Waals surface area (Å²) in [6.45, 7) is 5.28. The lowest BCUT2D eigenvalue weighted by molar-refractivity contribution is -0.129. The molecule has 3 rings (SSSR count). The van der Waals surface area contributed by atoms with Crippen molar-refractivity contribution in [2.24, 2.45) is 11.8 Å². The predicted octanol–water partition coefficient (Wildman–Crippen LogP) is 1.70. The van der Waals surface area contributed by atoms with Crippen LogP contribution in [0.5, 0.6) is 5.75 Å². The number of aliphatic hydroxyl groups is 1. The molecule has 0 radical (unpaired) electrons. The molecule has 1 aliphatic carbocycles. The van der Waals surface area contributed by atoms with Crippen LogP contribution in [0.3, 0.4) is 0 Å². The number of fused-ring (bicyclic) bond motifs is 1. The van der Waals surface area contributed by atoms with Crippen LogP contribution in [0, 0.1) is 23.7 Å². The molecule has 1 fully saturated rings. The van der Waals surface area contributed by atoms with E-state index < -0.39 is 22.2 Å². The van der Waals surface area contributed by atoms with E-state index in [1.807, 2.05) is 6.92 Å². The van der Waals surface area contributed by atoms with Gasteiger partial charge in [-0.3, -0.25) is 4.79 Å². The molecule has 2 aliphatic rings. The van der Waals surface area contributed by atoms with Crippen LogP contribution in [0.15, 0.2) is 23.1 Å². The zero-order valence-corrected chi connectivity index (χ0v) is 18.8. The highest BCUT2D eigenvalue weighted by Crippen LogP contribution is 2.34. The summed E-state index contributed by atoms with van der Waals surface area (Å²) in [7, 11) is -2.18. The summed E-state index contributed by atoms with van der Waals surface area (Å²) in [5.41, 5.74) is 0.699. The number of nitrogens with zero attached hydrogens (tertiary/aromatic N) is 2. The summed E-state index contributed by atoms with van der Waals surface area (Å²) in [5.74, 6) is 6.65. The van der Waals surface area contributed by atoms with E-state index in [0.29, 0.717) is 18.0 Å². The molecule has 1 aliphatic heterocycles. The zero-order valence-electron chi connectivity index (χ0n) is 18.0. The molecule has 1 N–H and O–H groups in total. The third kappa shape index (κ3) is 4.97. The number of rotatable bonds is 4. The Morgan fingerprint density at radius 1 is 1.40 bits per heavy atom. The number of hydrogen-bond acceptors (Lipinski definition) is 5. The van der Waals surface area contributed by atoms with Crippen molar-refractivity contribution in [1.82, 2.24) is 9.21 Å². The maximum Gasteiger partial charge on any atom is 0.247 e. The number of amides is 1. The minimum atomic E-state index is -3.87. The van der Waals surface area contributed by atoms with E-state index >= 15 is 0 Å². The van der Waals surface area contributed by atoms with Crippen LogP contribution in [0.4, 0.5) is 0 Å². The molecule has 30 heavy (non-hydrogen) atoms. The Bertz CT molecular complexity index is 961. The number of carbonyl (C=O) groups is 1. The largest absolute Gasteiger partial charge is 0.487 e. The molecule has 1 heterocycles. The predicted molar refractivity (Wildman–Crippen MR) is 113 cm³/mol. The molecular formula is C22H30N2O5S. The quantitative estimate of drug-likeness (QED) is 0.729. The van der Waals surface area contributed by atoms with Gasteiger partial charge in [0.1, 0.15) is 16.7 Å². The van der Waals surface area contributed by atoms with E-state index in [2.05, 4.69) is 11.8 Å². The van der Waals surface area contributed by atoms with Crippen LogP contribution in [0.2, 0.25) is 0 Å². The summed E-state index contributed by atoms with van der Waals surface area (Å²) in [6.07, 6.45) is 1.80. The number of carbonyl (C=O) groups excluding carboxylic acids is 1. The fraction of sp³-hybridized carbons (Fsp3) is 0.591. The maximum absolute atomic E-state index is 13.4. The van der Waals surface area contributed by atoms with Gasteiger partial charge >= 0.3 is 0 Å². The topological polar surface area (TPSA) is 87.2 Å². The minimum Gasteiger partial charge on any atom is -0.487 e. The second kappa shape index (κ2) is 8.96. The van der Waals surface area contributed by atoms with Gasteiger partial charge in [0, 0.05) is 44.0 Å². The summed E-state index contributed by atoms with van der Waals surface area (Å²) in [4.78, 5) is 13.4. The van der Waals surface area contributed by atoms with E-state index in [1.54, 1.807) is 31.0 Å². The Kier molecular flexibility index (Phi) is 6.75. The molecule has 3 atom stereocenters. The van der Waals surface area contributed by atoms with Crippen LogP contribution in [-0.2, 0) is 14.8 Å². The molecule has 8 heteroatoms. The zero-order chi connectivity index (χ0) is 22.1. The van der Waals surface area contributed by atoms with Crippen LogP contribution in [0.1, 0.15) is 39.2 Å². The highest BCUT2D eigenvalue weighted by atomic mass is 32.2. The van der Waals surface area contributed by atoms with E-state index in [-0.39, 0.29) is 35.6 Å². The SMILES string of the molecule is CC(=O)N(C)C[C@@H]1Oc2cc(C#CC3CC3)ccc2S(=O)(=O)N([C@@H](C)CO)C[C@H]1C. The van der Waals surface area contributed by atoms with E-state index in [9.17, 15) is 18.3 Å². The van der Waals surface area contributed by atoms with Crippen LogP contribution >= 0.6 is 0 Å². The first-order valence-corrected chi connectivity index (χ1v) is 11.7. The standard InChI is InChI=1S/C22H30N2O5S/c1-15-12-24(16(2)14-25)30(27,28)22-10-9-19(8-7-18-5-6-18)11-20(22)29-21(15)13-23(4)17(3)26/h9-11,15-16,18,21,25H,5-6,12-14H2,1-4H3/t15-,16+,21+/m1/s1. The molecule has 1 aromatic rings. The molecule has 0 bridgehead atoms. The molecule has 1 saturated carbocycles. The number of likely N-dealkylation sites (N-methyl/N-ethyl adjacent to an activating group) is 1. The second-order valence-corrected chi connectivity index (χ2v) is 10.2. The van der Waals surface area contributed by atoms with Gasteiger partial charge in [0.25, 0.3) is 0 Å². The third-order valence-corrected chi connectivity index (χ3v) is 7.68. The summed E-state index contributed by atoms with van der Waals surface area (Å²) >= 11 is 0. The van der Waals surface area contributed by atoms with Gasteiger partial charge in [-0.05, 0) is 38.0 Å². The lowest BCUT2D eigenvalue weighted by atomic mass is 10.0. The molecular weight excluding hydrogens is 404 g/mol. The van der Waals surface area contributed by atoms with Crippen LogP contribution < -0.4 is 4.74 Å². The fourth-order valence-corrected chi connectivity index (χ4v) is 5.16. The fourth-order valence-electron chi connectivity index (χ4n) is 3.33. The van der Waals surface area contributed by atoms with Crippen molar-refractivity contribution in [2.75, 3.05) is 26.7 Å². The molecule has 0 aromatic heterocycles. The van der Waals surface area contributed by atoms with Crippen LogP contribution in [-0.4, -0.2) is 67.5 Å². The van der Waals surface area contributed by atoms with E-state index in [4.69, 9.17) is 4.74 Å². The van der Waals surface area contributed by atoms with Gasteiger partial charge in [0.2, 0.25) is 15.9 Å². The average molecular weight is 435 g/mol. The Morgan fingerprint density at radius 2 is 2.10 bits per heavy atom. The molecule has 0 unspecified atom stereocenters. The Labute approximate surface area is 179 Å². The minimum absolute atomic E-state index is 0.0575. The van der Waals surface area contributed by atoms with E-state index in [0.717, 1.165) is 12.8 Å². The highest BCUT2D eigenvalue weighted by Gasteiger charge is 2.38. The van der Waals surface area contributed by atoms with Gasteiger partial charge in [0.05, 0.1) is 13.2 Å². The van der Waals surface area contributed by atoms with Gasteiger partial charge in [0.15, 0.2) is 0 Å². The lowest BCUT2D eigenvalue weighted by Crippen LogP contribution is -2.50. The number of aliphatic hydroxyl groups excluding tert-OH is 1. The summed E-state index contributed by atoms with van der Waals surface area (Å²) in [6, 6.07) is 4.31. The van der Waals surface area contributed by atoms with Gasteiger partial charge < -0.3 is 14.7 Å². The van der Waals surface area contributed by atoms with Crippen molar-refractivity contribution in [3.8, 4) is 17.6 Å². The number of hydrogen-bond donors (Lipinski definition) is 1. The first-order valence-electron chi connectivity index (χ1n) is 10.3. The normalized spacial score (nSPS) is 24.3. The first-order chi connectivity index (χ1) is 14.1. The van der Waals surface area contributed by atoms with Crippen molar-refractivity contribution >= 4 is 15.9 Å². The summed E-state index contributed by atoms with van der Waals surface area (Å²) < 4.78 is 34.3. The van der Waals surface area contributed by atoms with Crippen molar-refractivity contribution in [3.05, 3.63) is 23.8 Å². The van der Waals surface area contributed by atoms with Crippen molar-refractivity contribution in [3.63, 3.8) is 0 Å². The molecule has 164 valence electrons. The monoisotopic (exact) mass is 434 g/mol. The van der Waals surface area contributed by atoms with Crippen molar-refractivity contribution < 1.29 is 23.1 Å². The van der Waals surface area contributed by atoms with Gasteiger partial charge in [-0.1, -0.05) is 18.8 Å². The molecule has 0 saturated heterocycles.